The van der Waals surface area contributed by atoms with Gasteiger partial charge in [-0.3, -0.25) is 20.5 Å². The zero-order chi connectivity index (χ0) is 24.8. The van der Waals surface area contributed by atoms with Crippen LogP contribution < -0.4 is 26.6 Å². The van der Waals surface area contributed by atoms with Crippen LogP contribution in [0.2, 0.25) is 0 Å². The van der Waals surface area contributed by atoms with Crippen molar-refractivity contribution in [3.8, 4) is 39.0 Å². The zero-order valence-electron chi connectivity index (χ0n) is 18.9. The monoisotopic (exact) mass is 490 g/mol. The minimum Gasteiger partial charge on any atom is -0.481 e. The number of nitrogens with one attached hydrogen (secondary N) is 3. The Bertz CT molecular complexity index is 1370. The summed E-state index contributed by atoms with van der Waals surface area (Å²) in [5.74, 6) is 5.63. The van der Waals surface area contributed by atoms with Crippen molar-refractivity contribution >= 4 is 29.1 Å². The summed E-state index contributed by atoms with van der Waals surface area (Å²) < 4.78 is 5.22. The Morgan fingerprint density at radius 2 is 1.94 bits per heavy atom. The normalized spacial score (nSPS) is 10.5. The van der Waals surface area contributed by atoms with Crippen molar-refractivity contribution in [3.05, 3.63) is 59.9 Å². The van der Waals surface area contributed by atoms with Gasteiger partial charge in [-0.05, 0) is 25.1 Å². The summed E-state index contributed by atoms with van der Waals surface area (Å²) >= 11 is 1.40. The van der Waals surface area contributed by atoms with Crippen LogP contribution in [-0.4, -0.2) is 45.5 Å². The quantitative estimate of drug-likeness (QED) is 0.175. The number of hydrogen-bond acceptors (Lipinski definition) is 9. The number of urea groups is 1. The average Bonchev–Trinajstić information content (AvgIpc) is 3.39. The maximum atomic E-state index is 12.1. The van der Waals surface area contributed by atoms with Crippen LogP contribution in [0.1, 0.15) is 17.3 Å². The number of thiazole rings is 1. The maximum absolute atomic E-state index is 12.1. The Kier molecular flexibility index (Phi) is 7.24. The minimum atomic E-state index is -0.469. The van der Waals surface area contributed by atoms with Crippen LogP contribution >= 0.6 is 11.3 Å². The molecule has 0 fully saturated rings. The van der Waals surface area contributed by atoms with Crippen LogP contribution in [0.5, 0.6) is 5.88 Å². The lowest BCUT2D eigenvalue weighted by Crippen LogP contribution is -2.30. The van der Waals surface area contributed by atoms with Crippen LogP contribution in [0.25, 0.3) is 33.1 Å². The number of amides is 3. The van der Waals surface area contributed by atoms with Gasteiger partial charge in [0.15, 0.2) is 0 Å². The summed E-state index contributed by atoms with van der Waals surface area (Å²) in [5.41, 5.74) is 5.72. The van der Waals surface area contributed by atoms with Gasteiger partial charge in [0.05, 0.1) is 18.4 Å². The number of carbonyl (C=O) groups is 2. The molecule has 0 spiro atoms. The molecule has 11 nitrogen and oxygen atoms in total. The molecular weight excluding hydrogens is 468 g/mol. The molecule has 0 saturated heterocycles. The van der Waals surface area contributed by atoms with Crippen molar-refractivity contribution in [1.29, 1.82) is 0 Å². The summed E-state index contributed by atoms with van der Waals surface area (Å²) in [6, 6.07) is 8.45. The Morgan fingerprint density at radius 3 is 2.71 bits per heavy atom. The fourth-order valence-corrected chi connectivity index (χ4v) is 4.08. The van der Waals surface area contributed by atoms with Gasteiger partial charge in [-0.2, -0.15) is 0 Å². The summed E-state index contributed by atoms with van der Waals surface area (Å²) in [7, 11) is 1.55. The molecule has 0 aromatic carbocycles. The first-order chi connectivity index (χ1) is 17.0. The molecule has 12 heteroatoms. The Balaban J connectivity index is 1.80. The van der Waals surface area contributed by atoms with Gasteiger partial charge in [0, 0.05) is 53.3 Å². The van der Waals surface area contributed by atoms with Crippen LogP contribution in [0.4, 0.5) is 10.6 Å². The van der Waals surface area contributed by atoms with Crippen molar-refractivity contribution < 1.29 is 14.3 Å². The summed E-state index contributed by atoms with van der Waals surface area (Å²) in [6.07, 6.45) is 4.63. The predicted molar refractivity (Wildman–Crippen MR) is 133 cm³/mol. The Labute approximate surface area is 204 Å². The zero-order valence-corrected chi connectivity index (χ0v) is 19.7. The highest BCUT2D eigenvalue weighted by molar-refractivity contribution is 7.13. The molecule has 4 aromatic rings. The molecule has 4 heterocycles. The number of aromatic nitrogens is 4. The molecule has 0 unspecified atom stereocenters. The van der Waals surface area contributed by atoms with Crippen molar-refractivity contribution in [2.75, 3.05) is 19.0 Å². The molecule has 0 atom stereocenters. The van der Waals surface area contributed by atoms with E-state index in [1.54, 1.807) is 37.7 Å². The Morgan fingerprint density at radius 1 is 1.09 bits per heavy atom. The van der Waals surface area contributed by atoms with E-state index in [-0.39, 0.29) is 6.03 Å². The van der Waals surface area contributed by atoms with Gasteiger partial charge in [0.2, 0.25) is 5.88 Å². The van der Waals surface area contributed by atoms with Crippen LogP contribution in [0, 0.1) is 0 Å². The third kappa shape index (κ3) is 5.39. The number of nitrogen functional groups attached to an aromatic ring is 1. The Hall–Kier alpha value is -4.42. The van der Waals surface area contributed by atoms with Crippen LogP contribution in [0.3, 0.4) is 0 Å². The minimum absolute atomic E-state index is 0.292. The van der Waals surface area contributed by atoms with E-state index in [0.29, 0.717) is 56.9 Å². The third-order valence-corrected chi connectivity index (χ3v) is 5.73. The highest BCUT2D eigenvalue weighted by Gasteiger charge is 2.17. The SMILES string of the molecule is CCNC(=O)Nc1cc(-c2nc(-c3cccc(OC)n3)cs2)c(-c2cncc(C(=O)NN)c2)cn1. The smallest absolute Gasteiger partial charge is 0.320 e. The van der Waals surface area contributed by atoms with E-state index in [4.69, 9.17) is 15.6 Å². The lowest BCUT2D eigenvalue weighted by molar-refractivity contribution is 0.0953. The molecule has 4 rings (SSSR count). The molecule has 0 aliphatic heterocycles. The van der Waals surface area contributed by atoms with Crippen LogP contribution in [-0.2, 0) is 0 Å². The topological polar surface area (TPSA) is 157 Å². The highest BCUT2D eigenvalue weighted by atomic mass is 32.1. The van der Waals surface area contributed by atoms with Crippen molar-refractivity contribution in [2.45, 2.75) is 6.92 Å². The van der Waals surface area contributed by atoms with E-state index < -0.39 is 5.91 Å². The number of rotatable bonds is 7. The van der Waals surface area contributed by atoms with Gasteiger partial charge < -0.3 is 10.1 Å². The highest BCUT2D eigenvalue weighted by Crippen LogP contribution is 2.36. The first kappa shape index (κ1) is 23.7. The number of nitrogens with zero attached hydrogens (tertiary/aromatic N) is 4. The van der Waals surface area contributed by atoms with E-state index in [1.165, 1.54) is 17.5 Å². The average molecular weight is 491 g/mol. The number of pyridine rings is 3. The summed E-state index contributed by atoms with van der Waals surface area (Å²) in [6.45, 7) is 2.30. The fraction of sp³-hybridized carbons (Fsp3) is 0.130. The van der Waals surface area contributed by atoms with Crippen LogP contribution in [0.15, 0.2) is 54.3 Å². The van der Waals surface area contributed by atoms with Crippen molar-refractivity contribution in [2.24, 2.45) is 5.84 Å². The first-order valence-corrected chi connectivity index (χ1v) is 11.4. The van der Waals surface area contributed by atoms with Gasteiger partial charge in [0.1, 0.15) is 16.5 Å². The maximum Gasteiger partial charge on any atom is 0.320 e. The molecule has 0 radical (unpaired) electrons. The van der Waals surface area contributed by atoms with Gasteiger partial charge in [-0.25, -0.2) is 25.6 Å². The van der Waals surface area contributed by atoms with E-state index in [9.17, 15) is 9.59 Å². The molecule has 5 N–H and O–H groups in total. The summed E-state index contributed by atoms with van der Waals surface area (Å²) in [4.78, 5) is 41.8. The van der Waals surface area contributed by atoms with E-state index in [0.717, 1.165) is 0 Å². The van der Waals surface area contributed by atoms with Crippen molar-refractivity contribution in [1.82, 2.24) is 30.7 Å². The molecule has 35 heavy (non-hydrogen) atoms. The number of hydrazine groups is 1. The number of anilines is 1. The molecule has 0 bridgehead atoms. The van der Waals surface area contributed by atoms with E-state index in [2.05, 4.69) is 31.0 Å². The number of methoxy groups -OCH3 is 1. The van der Waals surface area contributed by atoms with E-state index >= 15 is 0 Å². The number of ether oxygens (including phenoxy) is 1. The molecule has 3 amide bonds. The molecule has 0 aliphatic rings. The molecular formula is C23H22N8O3S. The van der Waals surface area contributed by atoms with Gasteiger partial charge in [-0.15, -0.1) is 11.3 Å². The standard InChI is InChI=1S/C23H22N8O3S/c1-3-26-23(33)30-19-8-15(16(11-27-19)13-7-14(10-25-9-13)21(32)31-24)22-29-18(12-35-22)17-5-4-6-20(28-17)34-2/h4-12H,3,24H2,1-2H3,(H,31,32)(H2,26,27,30,33). The largest absolute Gasteiger partial charge is 0.481 e. The van der Waals surface area contributed by atoms with Gasteiger partial charge in [0.25, 0.3) is 5.91 Å². The molecule has 178 valence electrons. The number of carbonyl (C=O) groups excluding carboxylic acids is 2. The second-order valence-electron chi connectivity index (χ2n) is 7.14. The predicted octanol–water partition coefficient (Wildman–Crippen LogP) is 3.08. The lowest BCUT2D eigenvalue weighted by Gasteiger charge is -2.11. The lowest BCUT2D eigenvalue weighted by atomic mass is 10.0. The molecule has 4 aromatic heterocycles. The second kappa shape index (κ2) is 10.7. The number of hydrogen-bond donors (Lipinski definition) is 4. The summed E-state index contributed by atoms with van der Waals surface area (Å²) in [5, 5.41) is 7.93. The van der Waals surface area contributed by atoms with E-state index in [1.807, 2.05) is 24.4 Å². The second-order valence-corrected chi connectivity index (χ2v) is 8.00. The van der Waals surface area contributed by atoms with Gasteiger partial charge in [-0.1, -0.05) is 6.07 Å². The third-order valence-electron chi connectivity index (χ3n) is 4.86. The van der Waals surface area contributed by atoms with Crippen molar-refractivity contribution in [3.63, 3.8) is 0 Å². The molecule has 0 saturated carbocycles. The molecule has 0 aliphatic carbocycles. The fourth-order valence-electron chi connectivity index (χ4n) is 3.23. The number of nitrogens with two attached hydrogens (primary N) is 1. The van der Waals surface area contributed by atoms with Gasteiger partial charge >= 0.3 is 6.03 Å². The first-order valence-electron chi connectivity index (χ1n) is 10.5.